The van der Waals surface area contributed by atoms with Crippen LogP contribution in [0.1, 0.15) is 42.7 Å². The molecule has 1 aromatic heterocycles. The van der Waals surface area contributed by atoms with Crippen molar-refractivity contribution in [1.82, 2.24) is 9.80 Å². The number of ether oxygens (including phenoxy) is 1. The zero-order chi connectivity index (χ0) is 18.9. The van der Waals surface area contributed by atoms with Crippen LogP contribution in [0, 0.1) is 0 Å². The highest BCUT2D eigenvalue weighted by Gasteiger charge is 2.43. The molecule has 0 radical (unpaired) electrons. The monoisotopic (exact) mass is 384 g/mol. The van der Waals surface area contributed by atoms with Gasteiger partial charge in [-0.25, -0.2) is 0 Å². The number of carbonyl (C=O) groups excluding carboxylic acids is 1. The summed E-state index contributed by atoms with van der Waals surface area (Å²) in [6.45, 7) is 3.12. The minimum absolute atomic E-state index is 0.128. The molecule has 27 heavy (non-hydrogen) atoms. The van der Waals surface area contributed by atoms with Gasteiger partial charge in [0, 0.05) is 46.1 Å². The van der Waals surface area contributed by atoms with Gasteiger partial charge in [-0.15, -0.1) is 0 Å². The molecule has 2 aromatic rings. The molecule has 3 heterocycles. The summed E-state index contributed by atoms with van der Waals surface area (Å²) < 4.78 is 6.57. The second kappa shape index (κ2) is 7.64. The van der Waals surface area contributed by atoms with Crippen LogP contribution >= 0.6 is 11.3 Å². The molecule has 5 heteroatoms. The number of hydrogen-bond donors (Lipinski definition) is 0. The summed E-state index contributed by atoms with van der Waals surface area (Å²) in [5.74, 6) is 1.42. The lowest BCUT2D eigenvalue weighted by atomic mass is 9.76. The van der Waals surface area contributed by atoms with Crippen molar-refractivity contribution in [3.8, 4) is 5.75 Å². The Labute approximate surface area is 165 Å². The molecule has 1 aromatic carbocycles. The summed E-state index contributed by atoms with van der Waals surface area (Å²) in [7, 11) is 3.68. The maximum atomic E-state index is 12.4. The molecule has 4 rings (SSSR count). The fourth-order valence-corrected chi connectivity index (χ4v) is 5.05. The SMILES string of the molecule is CN(C)C(=O)C[C@@H]1CC2(CCN(Cc3ccsc3)CC2)Oc2ccccc21. The number of amides is 1. The summed E-state index contributed by atoms with van der Waals surface area (Å²) in [5, 5.41) is 4.38. The predicted molar refractivity (Wildman–Crippen MR) is 109 cm³/mol. The molecule has 144 valence electrons. The number of fused-ring (bicyclic) bond motifs is 1. The molecule has 0 saturated carbocycles. The van der Waals surface area contributed by atoms with E-state index in [4.69, 9.17) is 4.74 Å². The van der Waals surface area contributed by atoms with E-state index in [9.17, 15) is 4.79 Å². The molecular weight excluding hydrogens is 356 g/mol. The van der Waals surface area contributed by atoms with E-state index in [-0.39, 0.29) is 17.4 Å². The third-order valence-electron chi connectivity index (χ3n) is 5.98. The Kier molecular flexibility index (Phi) is 5.24. The van der Waals surface area contributed by atoms with Gasteiger partial charge in [-0.05, 0) is 53.3 Å². The molecule has 1 spiro atoms. The van der Waals surface area contributed by atoms with Gasteiger partial charge in [0.1, 0.15) is 11.4 Å². The lowest BCUT2D eigenvalue weighted by Crippen LogP contribution is -2.50. The molecule has 2 aliphatic rings. The number of thiophene rings is 1. The Hall–Kier alpha value is -1.85. The first-order valence-corrected chi connectivity index (χ1v) is 10.7. The van der Waals surface area contributed by atoms with Gasteiger partial charge in [-0.3, -0.25) is 9.69 Å². The number of rotatable bonds is 4. The van der Waals surface area contributed by atoms with E-state index in [1.165, 1.54) is 11.1 Å². The molecule has 1 atom stereocenters. The number of carbonyl (C=O) groups is 1. The molecule has 0 N–H and O–H groups in total. The van der Waals surface area contributed by atoms with Gasteiger partial charge < -0.3 is 9.64 Å². The Balaban J connectivity index is 1.48. The zero-order valence-corrected chi connectivity index (χ0v) is 17.0. The van der Waals surface area contributed by atoms with Crippen LogP contribution in [0.25, 0.3) is 0 Å². The van der Waals surface area contributed by atoms with Gasteiger partial charge in [-0.1, -0.05) is 18.2 Å². The molecule has 0 bridgehead atoms. The third kappa shape index (κ3) is 4.04. The van der Waals surface area contributed by atoms with E-state index in [1.807, 2.05) is 20.2 Å². The Morgan fingerprint density at radius 2 is 2.04 bits per heavy atom. The zero-order valence-electron chi connectivity index (χ0n) is 16.2. The Morgan fingerprint density at radius 3 is 2.74 bits per heavy atom. The second-order valence-corrected chi connectivity index (χ2v) is 8.90. The second-order valence-electron chi connectivity index (χ2n) is 8.12. The van der Waals surface area contributed by atoms with E-state index in [0.29, 0.717) is 6.42 Å². The van der Waals surface area contributed by atoms with Crippen molar-refractivity contribution in [3.05, 3.63) is 52.2 Å². The van der Waals surface area contributed by atoms with Crippen LogP contribution in [-0.2, 0) is 11.3 Å². The quantitative estimate of drug-likeness (QED) is 0.795. The van der Waals surface area contributed by atoms with Crippen LogP contribution in [0.15, 0.2) is 41.1 Å². The topological polar surface area (TPSA) is 32.8 Å². The average molecular weight is 385 g/mol. The standard InChI is InChI=1S/C22H28N2O2S/c1-23(2)21(25)13-18-14-22(26-20-6-4-3-5-19(18)20)8-10-24(11-9-22)15-17-7-12-27-16-17/h3-7,12,16,18H,8-11,13-15H2,1-2H3/t18-/m1/s1. The summed E-state index contributed by atoms with van der Waals surface area (Å²) in [4.78, 5) is 16.6. The van der Waals surface area contributed by atoms with E-state index in [0.717, 1.165) is 44.6 Å². The third-order valence-corrected chi connectivity index (χ3v) is 6.71. The molecule has 1 amide bonds. The highest BCUT2D eigenvalue weighted by Crippen LogP contribution is 2.46. The smallest absolute Gasteiger partial charge is 0.222 e. The van der Waals surface area contributed by atoms with E-state index >= 15 is 0 Å². The molecular formula is C22H28N2O2S. The minimum Gasteiger partial charge on any atom is -0.487 e. The molecule has 1 fully saturated rings. The van der Waals surface area contributed by atoms with Gasteiger partial charge >= 0.3 is 0 Å². The van der Waals surface area contributed by atoms with Gasteiger partial charge in [0.25, 0.3) is 0 Å². The van der Waals surface area contributed by atoms with E-state index in [1.54, 1.807) is 16.2 Å². The van der Waals surface area contributed by atoms with Gasteiger partial charge in [0.05, 0.1) is 0 Å². The Morgan fingerprint density at radius 1 is 1.26 bits per heavy atom. The maximum Gasteiger partial charge on any atom is 0.222 e. The lowest BCUT2D eigenvalue weighted by Gasteiger charge is -2.47. The summed E-state index contributed by atoms with van der Waals surface area (Å²) in [6, 6.07) is 10.5. The number of para-hydroxylation sites is 1. The first-order valence-electron chi connectivity index (χ1n) is 9.76. The molecule has 0 aliphatic carbocycles. The van der Waals surface area contributed by atoms with Crippen molar-refractivity contribution in [3.63, 3.8) is 0 Å². The largest absolute Gasteiger partial charge is 0.487 e. The summed E-state index contributed by atoms with van der Waals surface area (Å²) in [6.07, 6.45) is 3.56. The fraction of sp³-hybridized carbons (Fsp3) is 0.500. The van der Waals surface area contributed by atoms with Crippen LogP contribution in [-0.4, -0.2) is 48.5 Å². The number of piperidine rings is 1. The van der Waals surface area contributed by atoms with Gasteiger partial charge in [0.2, 0.25) is 5.91 Å². The number of benzene rings is 1. The highest BCUT2D eigenvalue weighted by molar-refractivity contribution is 7.07. The fourth-order valence-electron chi connectivity index (χ4n) is 4.39. The number of likely N-dealkylation sites (tertiary alicyclic amines) is 1. The number of hydrogen-bond acceptors (Lipinski definition) is 4. The van der Waals surface area contributed by atoms with Crippen molar-refractivity contribution in [2.24, 2.45) is 0 Å². The molecule has 2 aliphatic heterocycles. The van der Waals surface area contributed by atoms with Crippen LogP contribution < -0.4 is 4.74 Å². The lowest BCUT2D eigenvalue weighted by molar-refractivity contribution is -0.129. The first kappa shape index (κ1) is 18.5. The van der Waals surface area contributed by atoms with Crippen LogP contribution in [0.5, 0.6) is 5.75 Å². The summed E-state index contributed by atoms with van der Waals surface area (Å²) >= 11 is 1.76. The molecule has 1 saturated heterocycles. The highest BCUT2D eigenvalue weighted by atomic mass is 32.1. The molecule has 0 unspecified atom stereocenters. The van der Waals surface area contributed by atoms with Crippen molar-refractivity contribution < 1.29 is 9.53 Å². The maximum absolute atomic E-state index is 12.4. The minimum atomic E-state index is -0.128. The van der Waals surface area contributed by atoms with Gasteiger partial charge in [-0.2, -0.15) is 11.3 Å². The predicted octanol–water partition coefficient (Wildman–Crippen LogP) is 4.13. The normalized spacial score (nSPS) is 21.5. The van der Waals surface area contributed by atoms with Crippen LogP contribution in [0.4, 0.5) is 0 Å². The summed E-state index contributed by atoms with van der Waals surface area (Å²) in [5.41, 5.74) is 2.47. The van der Waals surface area contributed by atoms with Crippen molar-refractivity contribution in [1.29, 1.82) is 0 Å². The van der Waals surface area contributed by atoms with Crippen molar-refractivity contribution in [2.45, 2.75) is 43.7 Å². The Bertz CT molecular complexity index is 779. The van der Waals surface area contributed by atoms with Crippen LogP contribution in [0.2, 0.25) is 0 Å². The van der Waals surface area contributed by atoms with Gasteiger partial charge in [0.15, 0.2) is 0 Å². The van der Waals surface area contributed by atoms with Crippen molar-refractivity contribution >= 4 is 17.2 Å². The van der Waals surface area contributed by atoms with Crippen LogP contribution in [0.3, 0.4) is 0 Å². The first-order chi connectivity index (χ1) is 13.0. The number of nitrogens with zero attached hydrogens (tertiary/aromatic N) is 2. The average Bonchev–Trinajstić information content (AvgIpc) is 3.17. The van der Waals surface area contributed by atoms with E-state index in [2.05, 4.69) is 39.9 Å². The molecule has 4 nitrogen and oxygen atoms in total. The van der Waals surface area contributed by atoms with Crippen molar-refractivity contribution in [2.75, 3.05) is 27.2 Å². The van der Waals surface area contributed by atoms with E-state index < -0.39 is 0 Å².